The fourth-order valence-corrected chi connectivity index (χ4v) is 5.79. The van der Waals surface area contributed by atoms with E-state index in [0.717, 1.165) is 81.5 Å². The number of hydrogen-bond donors (Lipinski definition) is 1. The molecule has 2 saturated heterocycles. The lowest BCUT2D eigenvalue weighted by Gasteiger charge is -2.41. The number of nitrogens with one attached hydrogen (secondary N) is 1. The predicted molar refractivity (Wildman–Crippen MR) is 142 cm³/mol. The molecule has 2 aromatic rings. The lowest BCUT2D eigenvalue weighted by atomic mass is 9.92. The average molecular weight is 515 g/mol. The fraction of sp³-hybridized carbons (Fsp3) is 0.679. The summed E-state index contributed by atoms with van der Waals surface area (Å²) in [6.45, 7) is 8.72. The molecule has 2 fully saturated rings. The van der Waals surface area contributed by atoms with E-state index < -0.39 is 5.76 Å². The number of aromatic amines is 1. The minimum absolute atomic E-state index is 0.0141. The summed E-state index contributed by atoms with van der Waals surface area (Å²) in [5.74, 6) is -0.441. The Kier molecular flexibility index (Phi) is 9.08. The van der Waals surface area contributed by atoms with Crippen molar-refractivity contribution in [3.8, 4) is 0 Å². The minimum Gasteiger partial charge on any atom is -0.465 e. The lowest BCUT2D eigenvalue weighted by Crippen LogP contribution is -2.50. The normalized spacial score (nSPS) is 19.0. The molecule has 0 saturated carbocycles. The van der Waals surface area contributed by atoms with Crippen LogP contribution < -0.4 is 5.76 Å². The standard InChI is InChI=1S/C28H42N4O5/c1-19-16-21(18-24-25(19)29-28(35)37-24)17-20(2)26(33)32-13-8-23(9-14-32)31-11-6-22(7-12-31)27(34)36-15-5-10-30(3)4/h16,18,20,22-23H,5-15,17H2,1-4H3,(H,29,35)/t20-/m1/s1. The van der Waals surface area contributed by atoms with E-state index in [1.165, 1.54) is 0 Å². The number of rotatable bonds is 9. The molecular weight excluding hydrogens is 472 g/mol. The van der Waals surface area contributed by atoms with Crippen molar-refractivity contribution in [1.82, 2.24) is 19.7 Å². The van der Waals surface area contributed by atoms with Crippen LogP contribution in [0.4, 0.5) is 0 Å². The van der Waals surface area contributed by atoms with E-state index in [4.69, 9.17) is 9.15 Å². The molecule has 0 bridgehead atoms. The Morgan fingerprint density at radius 2 is 1.84 bits per heavy atom. The van der Waals surface area contributed by atoms with E-state index in [2.05, 4.69) is 14.8 Å². The van der Waals surface area contributed by atoms with Crippen LogP contribution in [-0.4, -0.2) is 91.0 Å². The van der Waals surface area contributed by atoms with Gasteiger partial charge in [0.2, 0.25) is 5.91 Å². The van der Waals surface area contributed by atoms with Gasteiger partial charge >= 0.3 is 11.7 Å². The number of likely N-dealkylation sites (tertiary alicyclic amines) is 2. The molecule has 0 unspecified atom stereocenters. The molecule has 37 heavy (non-hydrogen) atoms. The van der Waals surface area contributed by atoms with E-state index in [1.54, 1.807) is 0 Å². The summed E-state index contributed by atoms with van der Waals surface area (Å²) in [4.78, 5) is 46.4. The van der Waals surface area contributed by atoms with Gasteiger partial charge < -0.3 is 23.9 Å². The van der Waals surface area contributed by atoms with E-state index in [-0.39, 0.29) is 23.7 Å². The Hall–Kier alpha value is -2.65. The molecule has 2 aliphatic rings. The summed E-state index contributed by atoms with van der Waals surface area (Å²) in [5.41, 5.74) is 3.21. The summed E-state index contributed by atoms with van der Waals surface area (Å²) in [6.07, 6.45) is 5.13. The highest BCUT2D eigenvalue weighted by Gasteiger charge is 2.33. The van der Waals surface area contributed by atoms with Crippen molar-refractivity contribution in [2.24, 2.45) is 11.8 Å². The van der Waals surface area contributed by atoms with Gasteiger partial charge in [-0.2, -0.15) is 0 Å². The highest BCUT2D eigenvalue weighted by atomic mass is 16.5. The molecule has 9 heteroatoms. The van der Waals surface area contributed by atoms with Gasteiger partial charge in [-0.1, -0.05) is 13.0 Å². The second-order valence-electron chi connectivity index (χ2n) is 11.1. The van der Waals surface area contributed by atoms with Crippen LogP contribution in [0.25, 0.3) is 11.1 Å². The zero-order chi connectivity index (χ0) is 26.5. The molecule has 0 spiro atoms. The number of nitrogens with zero attached hydrogens (tertiary/aromatic N) is 3. The summed E-state index contributed by atoms with van der Waals surface area (Å²) < 4.78 is 10.7. The van der Waals surface area contributed by atoms with Gasteiger partial charge in [-0.15, -0.1) is 0 Å². The van der Waals surface area contributed by atoms with Crippen LogP contribution in [0.15, 0.2) is 21.3 Å². The van der Waals surface area contributed by atoms with Crippen molar-refractivity contribution in [2.75, 3.05) is 53.4 Å². The number of esters is 1. The highest BCUT2D eigenvalue weighted by molar-refractivity contribution is 5.80. The Bertz CT molecular complexity index is 1120. The van der Waals surface area contributed by atoms with Crippen molar-refractivity contribution in [2.45, 2.75) is 58.4 Å². The van der Waals surface area contributed by atoms with Gasteiger partial charge in [-0.05, 0) is 89.8 Å². The Morgan fingerprint density at radius 1 is 1.14 bits per heavy atom. The van der Waals surface area contributed by atoms with E-state index in [1.807, 2.05) is 45.0 Å². The Labute approximate surface area is 219 Å². The molecule has 9 nitrogen and oxygen atoms in total. The number of carbonyl (C=O) groups is 2. The first-order valence-corrected chi connectivity index (χ1v) is 13.7. The second kappa shape index (κ2) is 12.3. The first-order chi connectivity index (χ1) is 17.7. The van der Waals surface area contributed by atoms with Gasteiger partial charge in [-0.3, -0.25) is 14.6 Å². The molecule has 3 heterocycles. The van der Waals surface area contributed by atoms with Crippen molar-refractivity contribution in [3.05, 3.63) is 33.8 Å². The van der Waals surface area contributed by atoms with Gasteiger partial charge in [0.15, 0.2) is 5.58 Å². The Balaban J connectivity index is 1.20. The minimum atomic E-state index is -0.456. The number of amides is 1. The molecule has 0 radical (unpaired) electrons. The number of hydrogen-bond acceptors (Lipinski definition) is 7. The summed E-state index contributed by atoms with van der Waals surface area (Å²) in [6, 6.07) is 4.35. The van der Waals surface area contributed by atoms with Crippen molar-refractivity contribution < 1.29 is 18.7 Å². The summed E-state index contributed by atoms with van der Waals surface area (Å²) in [7, 11) is 4.04. The molecule has 1 N–H and O–H groups in total. The van der Waals surface area contributed by atoms with Crippen LogP contribution in [0, 0.1) is 18.8 Å². The SMILES string of the molecule is Cc1cc(C[C@@H](C)C(=O)N2CCC(N3CCC(C(=O)OCCCN(C)C)CC3)CC2)cc2oc(=O)[nH]c12. The van der Waals surface area contributed by atoms with E-state index in [0.29, 0.717) is 24.7 Å². The van der Waals surface area contributed by atoms with E-state index in [9.17, 15) is 14.4 Å². The number of benzene rings is 1. The maximum atomic E-state index is 13.2. The Morgan fingerprint density at radius 3 is 2.51 bits per heavy atom. The van der Waals surface area contributed by atoms with Crippen molar-refractivity contribution >= 4 is 23.0 Å². The quantitative estimate of drug-likeness (QED) is 0.406. The molecule has 204 valence electrons. The predicted octanol–water partition coefficient (Wildman–Crippen LogP) is 2.81. The number of fused-ring (bicyclic) bond motifs is 1. The van der Waals surface area contributed by atoms with Crippen LogP contribution in [-0.2, 0) is 20.7 Å². The average Bonchev–Trinajstić information content (AvgIpc) is 3.27. The van der Waals surface area contributed by atoms with Crippen LogP contribution in [0.1, 0.15) is 50.2 Å². The van der Waals surface area contributed by atoms with Gasteiger partial charge in [0.05, 0.1) is 18.0 Å². The van der Waals surface area contributed by atoms with Crippen LogP contribution in [0.5, 0.6) is 0 Å². The van der Waals surface area contributed by atoms with E-state index >= 15 is 0 Å². The molecule has 1 aromatic heterocycles. The fourth-order valence-electron chi connectivity index (χ4n) is 5.79. The van der Waals surface area contributed by atoms with Crippen LogP contribution in [0.2, 0.25) is 0 Å². The lowest BCUT2D eigenvalue weighted by molar-refractivity contribution is -0.150. The zero-order valence-electron chi connectivity index (χ0n) is 22.8. The number of carbonyl (C=O) groups excluding carboxylic acids is 2. The third-order valence-electron chi connectivity index (χ3n) is 7.90. The number of H-pyrrole nitrogens is 1. The monoisotopic (exact) mass is 514 g/mol. The first kappa shape index (κ1) is 27.4. The molecule has 0 aliphatic carbocycles. The van der Waals surface area contributed by atoms with Gasteiger partial charge in [0.1, 0.15) is 0 Å². The highest BCUT2D eigenvalue weighted by Crippen LogP contribution is 2.26. The number of aromatic nitrogens is 1. The molecule has 1 amide bonds. The van der Waals surface area contributed by atoms with Crippen molar-refractivity contribution in [3.63, 3.8) is 0 Å². The zero-order valence-corrected chi connectivity index (χ0v) is 22.8. The third-order valence-corrected chi connectivity index (χ3v) is 7.90. The van der Waals surface area contributed by atoms with Crippen LogP contribution >= 0.6 is 0 Å². The van der Waals surface area contributed by atoms with Gasteiger partial charge in [-0.25, -0.2) is 4.79 Å². The summed E-state index contributed by atoms with van der Waals surface area (Å²) >= 11 is 0. The molecular formula is C28H42N4O5. The number of ether oxygens (including phenoxy) is 1. The first-order valence-electron chi connectivity index (χ1n) is 13.7. The molecule has 2 aliphatic heterocycles. The molecule has 1 aromatic carbocycles. The summed E-state index contributed by atoms with van der Waals surface area (Å²) in [5, 5.41) is 0. The number of piperidine rings is 2. The smallest absolute Gasteiger partial charge is 0.417 e. The van der Waals surface area contributed by atoms with Crippen molar-refractivity contribution in [1.29, 1.82) is 0 Å². The largest absolute Gasteiger partial charge is 0.465 e. The third kappa shape index (κ3) is 7.02. The molecule has 1 atom stereocenters. The topological polar surface area (TPSA) is 99.1 Å². The molecule has 4 rings (SSSR count). The van der Waals surface area contributed by atoms with Crippen LogP contribution in [0.3, 0.4) is 0 Å². The van der Waals surface area contributed by atoms with Gasteiger partial charge in [0, 0.05) is 31.6 Å². The maximum absolute atomic E-state index is 13.2. The maximum Gasteiger partial charge on any atom is 0.417 e. The number of oxazole rings is 1. The number of aryl methyl sites for hydroxylation is 1. The second-order valence-corrected chi connectivity index (χ2v) is 11.1. The van der Waals surface area contributed by atoms with Gasteiger partial charge in [0.25, 0.3) is 0 Å².